The van der Waals surface area contributed by atoms with Crippen LogP contribution in [-0.2, 0) is 56.9 Å². The first kappa shape index (κ1) is 51.0. The lowest BCUT2D eigenvalue weighted by Crippen LogP contribution is -2.72. The van der Waals surface area contributed by atoms with Gasteiger partial charge in [0.1, 0.15) is 36.1 Å². The molecule has 22 atom stereocenters. The van der Waals surface area contributed by atoms with E-state index in [4.69, 9.17) is 52.1 Å². The fourth-order valence-corrected chi connectivity index (χ4v) is 14.2. The molecule has 378 valence electrons. The third kappa shape index (κ3) is 9.27. The minimum Gasteiger partial charge on any atom is -0.462 e. The van der Waals surface area contributed by atoms with Gasteiger partial charge in [0.15, 0.2) is 18.9 Å². The van der Waals surface area contributed by atoms with Crippen molar-refractivity contribution >= 4 is 11.9 Å². The third-order valence-electron chi connectivity index (χ3n) is 18.1. The highest BCUT2D eigenvalue weighted by Gasteiger charge is 2.77. The predicted molar refractivity (Wildman–Crippen MR) is 240 cm³/mol. The van der Waals surface area contributed by atoms with Crippen LogP contribution in [0.4, 0.5) is 0 Å². The fraction of sp³-hybridized carbons (Fsp3) is 0.843. The maximum atomic E-state index is 13.3. The van der Waals surface area contributed by atoms with Gasteiger partial charge in [-0.15, -0.1) is 0 Å². The fourth-order valence-electron chi connectivity index (χ4n) is 14.2. The van der Waals surface area contributed by atoms with Crippen LogP contribution in [0.1, 0.15) is 129 Å². The average Bonchev–Trinajstić information content (AvgIpc) is 3.53. The second-order valence-electron chi connectivity index (χ2n) is 21.4. The van der Waals surface area contributed by atoms with Gasteiger partial charge in [-0.25, -0.2) is 4.79 Å². The molecule has 8 rings (SSSR count). The van der Waals surface area contributed by atoms with Crippen LogP contribution in [0.3, 0.4) is 0 Å². The molecule has 7 fully saturated rings. The monoisotopic (exact) mass is 947 g/mol. The van der Waals surface area contributed by atoms with E-state index in [1.54, 1.807) is 59.4 Å². The van der Waals surface area contributed by atoms with Crippen molar-refractivity contribution in [3.8, 4) is 0 Å². The van der Waals surface area contributed by atoms with E-state index in [1.807, 2.05) is 26.8 Å². The van der Waals surface area contributed by atoms with E-state index in [2.05, 4.69) is 6.92 Å². The normalized spacial score (nSPS) is 48.0. The maximum absolute atomic E-state index is 13.3. The number of rotatable bonds is 13. The van der Waals surface area contributed by atoms with Crippen molar-refractivity contribution in [2.45, 2.75) is 222 Å². The molecule has 1 aromatic rings. The van der Waals surface area contributed by atoms with Gasteiger partial charge in [0, 0.05) is 47.5 Å². The Kier molecular flexibility index (Phi) is 15.3. The van der Waals surface area contributed by atoms with Gasteiger partial charge in [0.05, 0.1) is 59.3 Å². The molecule has 3 aliphatic heterocycles. The lowest BCUT2D eigenvalue weighted by Gasteiger charge is -2.66. The number of benzene rings is 1. The van der Waals surface area contributed by atoms with Crippen molar-refractivity contribution in [2.75, 3.05) is 21.3 Å². The summed E-state index contributed by atoms with van der Waals surface area (Å²) in [6.45, 7) is 12.9. The zero-order chi connectivity index (χ0) is 48.2. The van der Waals surface area contributed by atoms with Gasteiger partial charge in [-0.05, 0) is 114 Å². The molecule has 0 aromatic heterocycles. The largest absolute Gasteiger partial charge is 0.462 e. The molecule has 16 nitrogen and oxygen atoms in total. The van der Waals surface area contributed by atoms with Crippen LogP contribution in [0, 0.1) is 28.6 Å². The van der Waals surface area contributed by atoms with Gasteiger partial charge in [-0.2, -0.15) is 0 Å². The maximum Gasteiger partial charge on any atom is 0.338 e. The van der Waals surface area contributed by atoms with Crippen molar-refractivity contribution < 1.29 is 77.0 Å². The van der Waals surface area contributed by atoms with E-state index in [1.165, 1.54) is 6.92 Å². The van der Waals surface area contributed by atoms with Crippen LogP contribution in [0.25, 0.3) is 0 Å². The Bertz CT molecular complexity index is 1860. The molecule has 67 heavy (non-hydrogen) atoms. The molecular weight excluding hydrogens is 869 g/mol. The molecular formula is C51H78O16. The van der Waals surface area contributed by atoms with Crippen LogP contribution in [-0.4, -0.2) is 152 Å². The van der Waals surface area contributed by atoms with Crippen LogP contribution >= 0.6 is 0 Å². The number of esters is 2. The van der Waals surface area contributed by atoms with Crippen LogP contribution in [0.5, 0.6) is 0 Å². The molecule has 16 heteroatoms. The van der Waals surface area contributed by atoms with E-state index in [9.17, 15) is 24.9 Å². The summed E-state index contributed by atoms with van der Waals surface area (Å²) in [5.74, 6) is -0.881. The average molecular weight is 947 g/mol. The van der Waals surface area contributed by atoms with E-state index >= 15 is 0 Å². The second-order valence-corrected chi connectivity index (χ2v) is 21.4. The molecule has 1 aromatic carbocycles. The standard InChI is InChI=1S/C51H78O16/c1-27-44(53)37(57-8)24-42(60-27)66-46-29(3)62-43(26-39(46)59-10)67-45-28(2)61-41(25-38(45)58-9)65-34-18-19-48(6)33(22-34)16-17-35-36(48)23-40(64-31(5)52)49(7)50(55,20-21-51(35,49)56)30(4)63-47(54)32-14-12-11-13-15-32/h11-15,27-30,33-46,53,55-56H,16-26H2,1-10H3/t27-,28-,29-,30+,33+,34-,35-,36+,37-,38-,39-,40-,41+,42+,43+,44+,45+,46+,48-,49-,50+,51-/m1/s1. The minimum atomic E-state index is -1.65. The van der Waals surface area contributed by atoms with Gasteiger partial charge < -0.3 is 67.4 Å². The quantitative estimate of drug-likeness (QED) is 0.163. The number of aliphatic hydroxyl groups excluding tert-OH is 1. The highest BCUT2D eigenvalue weighted by atomic mass is 16.7. The van der Waals surface area contributed by atoms with Gasteiger partial charge in [0.2, 0.25) is 0 Å². The number of ether oxygens (including phenoxy) is 11. The molecule has 3 heterocycles. The number of fused-ring (bicyclic) bond motifs is 5. The molecule has 7 aliphatic rings. The summed E-state index contributed by atoms with van der Waals surface area (Å²) >= 11 is 0. The number of carbonyl (C=O) groups excluding carboxylic acids is 2. The summed E-state index contributed by atoms with van der Waals surface area (Å²) in [6.07, 6.45) is -1.13. The molecule has 0 unspecified atom stereocenters. The Morgan fingerprint density at radius 2 is 1.27 bits per heavy atom. The van der Waals surface area contributed by atoms with E-state index in [-0.39, 0.29) is 54.0 Å². The number of hydrogen-bond acceptors (Lipinski definition) is 16. The Labute approximate surface area is 396 Å². The van der Waals surface area contributed by atoms with Crippen molar-refractivity contribution in [3.63, 3.8) is 0 Å². The van der Waals surface area contributed by atoms with Crippen molar-refractivity contribution in [3.05, 3.63) is 35.9 Å². The molecule has 0 spiro atoms. The lowest BCUT2D eigenvalue weighted by molar-refractivity contribution is -0.339. The first-order valence-corrected chi connectivity index (χ1v) is 24.9. The van der Waals surface area contributed by atoms with Gasteiger partial charge in [-0.1, -0.05) is 32.0 Å². The molecule has 0 amide bonds. The summed E-state index contributed by atoms with van der Waals surface area (Å²) in [4.78, 5) is 26.1. The summed E-state index contributed by atoms with van der Waals surface area (Å²) < 4.78 is 68.3. The number of methoxy groups -OCH3 is 3. The number of carbonyl (C=O) groups is 2. The summed E-state index contributed by atoms with van der Waals surface area (Å²) in [7, 11) is 4.90. The highest BCUT2D eigenvalue weighted by molar-refractivity contribution is 5.89. The lowest BCUT2D eigenvalue weighted by atomic mass is 9.42. The number of aliphatic hydroxyl groups is 3. The summed E-state index contributed by atoms with van der Waals surface area (Å²) in [6, 6.07) is 8.67. The predicted octanol–water partition coefficient (Wildman–Crippen LogP) is 5.63. The first-order chi connectivity index (χ1) is 31.8. The van der Waals surface area contributed by atoms with E-state index in [0.29, 0.717) is 37.7 Å². The molecule has 3 saturated heterocycles. The van der Waals surface area contributed by atoms with Crippen molar-refractivity contribution in [2.24, 2.45) is 28.6 Å². The van der Waals surface area contributed by atoms with Gasteiger partial charge in [-0.3, -0.25) is 4.79 Å². The Morgan fingerprint density at radius 1 is 0.701 bits per heavy atom. The van der Waals surface area contributed by atoms with Gasteiger partial charge in [0.25, 0.3) is 0 Å². The molecule has 0 radical (unpaired) electrons. The Balaban J connectivity index is 0.888. The first-order valence-electron chi connectivity index (χ1n) is 24.9. The molecule has 4 aliphatic carbocycles. The minimum absolute atomic E-state index is 0.0199. The van der Waals surface area contributed by atoms with E-state index in [0.717, 1.165) is 32.1 Å². The Hall–Kier alpha value is -2.32. The topological polar surface area (TPSA) is 196 Å². The zero-order valence-electron chi connectivity index (χ0n) is 41.2. The zero-order valence-corrected chi connectivity index (χ0v) is 41.2. The molecule has 4 saturated carbocycles. The highest BCUT2D eigenvalue weighted by Crippen LogP contribution is 2.71. The van der Waals surface area contributed by atoms with Crippen LogP contribution in [0.15, 0.2) is 30.3 Å². The van der Waals surface area contributed by atoms with Crippen molar-refractivity contribution in [1.29, 1.82) is 0 Å². The second kappa shape index (κ2) is 20.1. The molecule has 3 N–H and O–H groups in total. The van der Waals surface area contributed by atoms with Crippen LogP contribution in [0.2, 0.25) is 0 Å². The van der Waals surface area contributed by atoms with E-state index < -0.39 is 96.3 Å². The molecule has 0 bridgehead atoms. The summed E-state index contributed by atoms with van der Waals surface area (Å²) in [5, 5.41) is 36.3. The third-order valence-corrected chi connectivity index (χ3v) is 18.1. The van der Waals surface area contributed by atoms with Gasteiger partial charge >= 0.3 is 11.9 Å². The summed E-state index contributed by atoms with van der Waals surface area (Å²) in [5.41, 5.74) is -4.14. The number of hydrogen-bond donors (Lipinski definition) is 3. The van der Waals surface area contributed by atoms with Crippen LogP contribution < -0.4 is 0 Å². The smallest absolute Gasteiger partial charge is 0.338 e. The Morgan fingerprint density at radius 3 is 1.85 bits per heavy atom. The van der Waals surface area contributed by atoms with Crippen molar-refractivity contribution in [1.82, 2.24) is 0 Å². The SMILES string of the molecule is CO[C@@H]1C[C@H](O[C@H]2[C@@H](C)O[C@@H](O[C@H]3[C@@H](C)O[C@@H](O[C@@H]4CC[C@]5(C)[C@@H](CC[C@@H]6[C@@H]5C[C@@H](OC(C)=O)[C@@]5(C)[C@@]6(O)CC[C@]5(O)[C@H](C)OC(=O)c5ccccc5)C4)C[C@H]3OC)C[C@H]2OC)O[C@H](C)[C@@H]1O.